The maximum Gasteiger partial charge on any atom is 0.416 e. The Hall–Kier alpha value is -0.810. The molecule has 1 fully saturated rings. The zero-order valence-electron chi connectivity index (χ0n) is 12.7. The summed E-state index contributed by atoms with van der Waals surface area (Å²) in [5.74, 6) is 1.34. The van der Waals surface area contributed by atoms with Crippen molar-refractivity contribution in [3.63, 3.8) is 0 Å². The Morgan fingerprint density at radius 3 is 2.71 bits per heavy atom. The standard InChI is InChI=1S/C14H18F3NO4S2/c15-14(16,17)11-2-1-3-12(8-11)24(20,21)18-9-13(22-6-5-19)4-7-23-10-13/h1-3,8,18-19H,4-7,9-10H2. The van der Waals surface area contributed by atoms with Gasteiger partial charge in [0, 0.05) is 12.3 Å². The molecule has 0 spiro atoms. The first-order valence-electron chi connectivity index (χ1n) is 7.18. The SMILES string of the molecule is O=S(=O)(NCC1(OCCO)CCSC1)c1cccc(C(F)(F)F)c1. The van der Waals surface area contributed by atoms with E-state index in [-0.39, 0.29) is 19.8 Å². The highest BCUT2D eigenvalue weighted by atomic mass is 32.2. The van der Waals surface area contributed by atoms with Gasteiger partial charge in [0.1, 0.15) is 0 Å². The van der Waals surface area contributed by atoms with Crippen LogP contribution in [0.25, 0.3) is 0 Å². The zero-order chi connectivity index (χ0) is 17.8. The van der Waals surface area contributed by atoms with Gasteiger partial charge in [0.05, 0.1) is 29.3 Å². The van der Waals surface area contributed by atoms with Crippen molar-refractivity contribution >= 4 is 21.8 Å². The van der Waals surface area contributed by atoms with Crippen LogP contribution in [0.1, 0.15) is 12.0 Å². The third-order valence-electron chi connectivity index (χ3n) is 3.62. The summed E-state index contributed by atoms with van der Waals surface area (Å²) < 4.78 is 70.7. The number of nitrogens with one attached hydrogen (secondary N) is 1. The number of alkyl halides is 3. The van der Waals surface area contributed by atoms with Crippen molar-refractivity contribution in [3.05, 3.63) is 29.8 Å². The minimum atomic E-state index is -4.61. The number of aliphatic hydroxyl groups is 1. The molecule has 1 atom stereocenters. The van der Waals surface area contributed by atoms with Gasteiger partial charge >= 0.3 is 6.18 Å². The molecule has 1 unspecified atom stereocenters. The molecule has 24 heavy (non-hydrogen) atoms. The van der Waals surface area contributed by atoms with Crippen LogP contribution in [0.4, 0.5) is 13.2 Å². The van der Waals surface area contributed by atoms with Crippen LogP contribution in [-0.2, 0) is 20.9 Å². The highest BCUT2D eigenvalue weighted by Crippen LogP contribution is 2.32. The van der Waals surface area contributed by atoms with Gasteiger partial charge in [0.2, 0.25) is 10.0 Å². The molecule has 0 aromatic heterocycles. The van der Waals surface area contributed by atoms with Crippen LogP contribution in [0.15, 0.2) is 29.2 Å². The molecule has 1 saturated heterocycles. The number of hydrogen-bond donors (Lipinski definition) is 2. The number of rotatable bonds is 7. The molecule has 0 saturated carbocycles. The lowest BCUT2D eigenvalue weighted by atomic mass is 10.0. The zero-order valence-corrected chi connectivity index (χ0v) is 14.3. The highest BCUT2D eigenvalue weighted by molar-refractivity contribution is 7.99. The Balaban J connectivity index is 2.13. The Kier molecular flexibility index (Phi) is 6.19. The summed E-state index contributed by atoms with van der Waals surface area (Å²) in [4.78, 5) is -0.444. The van der Waals surface area contributed by atoms with Crippen molar-refractivity contribution in [1.82, 2.24) is 4.72 Å². The Morgan fingerprint density at radius 2 is 2.12 bits per heavy atom. The fourth-order valence-corrected chi connectivity index (χ4v) is 4.83. The molecule has 1 aromatic carbocycles. The quantitative estimate of drug-likeness (QED) is 0.750. The monoisotopic (exact) mass is 385 g/mol. The van der Waals surface area contributed by atoms with Gasteiger partial charge in [-0.1, -0.05) is 6.07 Å². The molecule has 0 radical (unpaired) electrons. The number of halogens is 3. The third kappa shape index (κ3) is 4.85. The predicted octanol–water partition coefficient (Wildman–Crippen LogP) is 1.87. The second-order valence-corrected chi connectivity index (χ2v) is 8.28. The first kappa shape index (κ1) is 19.5. The van der Waals surface area contributed by atoms with Crippen molar-refractivity contribution in [3.8, 4) is 0 Å². The molecule has 0 aliphatic carbocycles. The molecule has 1 aromatic rings. The number of sulfonamides is 1. The number of hydrogen-bond acceptors (Lipinski definition) is 5. The Bertz CT molecular complexity index is 658. The van der Waals surface area contributed by atoms with Gasteiger partial charge in [0.25, 0.3) is 0 Å². The van der Waals surface area contributed by atoms with Crippen molar-refractivity contribution in [2.75, 3.05) is 31.3 Å². The molecule has 5 nitrogen and oxygen atoms in total. The molecule has 2 N–H and O–H groups in total. The van der Waals surface area contributed by atoms with E-state index in [2.05, 4.69) is 4.72 Å². The topological polar surface area (TPSA) is 75.6 Å². The molecule has 10 heteroatoms. The van der Waals surface area contributed by atoms with Crippen LogP contribution in [0, 0.1) is 0 Å². The Morgan fingerprint density at radius 1 is 1.38 bits per heavy atom. The van der Waals surface area contributed by atoms with Crippen molar-refractivity contribution in [2.45, 2.75) is 23.1 Å². The first-order valence-corrected chi connectivity index (χ1v) is 9.82. The van der Waals surface area contributed by atoms with E-state index in [4.69, 9.17) is 9.84 Å². The fraction of sp³-hybridized carbons (Fsp3) is 0.571. The summed E-state index contributed by atoms with van der Waals surface area (Å²) in [6, 6.07) is 3.59. The van der Waals surface area contributed by atoms with Crippen LogP contribution < -0.4 is 4.72 Å². The summed E-state index contributed by atoms with van der Waals surface area (Å²) in [5, 5.41) is 8.88. The molecule has 1 heterocycles. The summed E-state index contributed by atoms with van der Waals surface area (Å²) in [6.45, 7) is -0.169. The summed E-state index contributed by atoms with van der Waals surface area (Å²) in [7, 11) is -4.10. The number of benzene rings is 1. The molecule has 1 aliphatic heterocycles. The average molecular weight is 385 g/mol. The van der Waals surface area contributed by atoms with E-state index in [9.17, 15) is 21.6 Å². The van der Waals surface area contributed by atoms with E-state index in [1.54, 1.807) is 11.8 Å². The second kappa shape index (κ2) is 7.61. The maximum absolute atomic E-state index is 12.7. The lowest BCUT2D eigenvalue weighted by molar-refractivity contribution is -0.137. The molecule has 2 rings (SSSR count). The van der Waals surface area contributed by atoms with Gasteiger partial charge in [-0.05, 0) is 30.4 Å². The average Bonchev–Trinajstić information content (AvgIpc) is 3.00. The van der Waals surface area contributed by atoms with E-state index in [0.29, 0.717) is 18.2 Å². The van der Waals surface area contributed by atoms with Crippen LogP contribution in [0.3, 0.4) is 0 Å². The molecule has 0 bridgehead atoms. The second-order valence-electron chi connectivity index (χ2n) is 5.41. The Labute approximate surface area is 142 Å². The van der Waals surface area contributed by atoms with Crippen molar-refractivity contribution in [1.29, 1.82) is 0 Å². The lowest BCUT2D eigenvalue weighted by Gasteiger charge is -2.28. The van der Waals surface area contributed by atoms with E-state index in [1.165, 1.54) is 0 Å². The number of aliphatic hydroxyl groups excluding tert-OH is 1. The van der Waals surface area contributed by atoms with E-state index in [0.717, 1.165) is 24.0 Å². The predicted molar refractivity (Wildman–Crippen MR) is 84.3 cm³/mol. The lowest BCUT2D eigenvalue weighted by Crippen LogP contribution is -2.45. The molecular weight excluding hydrogens is 367 g/mol. The van der Waals surface area contributed by atoms with Crippen LogP contribution in [0.2, 0.25) is 0 Å². The van der Waals surface area contributed by atoms with Gasteiger partial charge in [0.15, 0.2) is 0 Å². The van der Waals surface area contributed by atoms with Gasteiger partial charge in [-0.3, -0.25) is 0 Å². The number of ether oxygens (including phenoxy) is 1. The third-order valence-corrected chi connectivity index (χ3v) is 6.24. The molecular formula is C14H18F3NO4S2. The molecule has 0 amide bonds. The van der Waals surface area contributed by atoms with Crippen LogP contribution in [0.5, 0.6) is 0 Å². The first-order chi connectivity index (χ1) is 11.2. The smallest absolute Gasteiger partial charge is 0.394 e. The summed E-state index contributed by atoms with van der Waals surface area (Å²) in [6.07, 6.45) is -4.01. The van der Waals surface area contributed by atoms with Crippen molar-refractivity contribution in [2.24, 2.45) is 0 Å². The number of thioether (sulfide) groups is 1. The van der Waals surface area contributed by atoms with Gasteiger partial charge in [-0.2, -0.15) is 24.9 Å². The van der Waals surface area contributed by atoms with E-state index < -0.39 is 32.3 Å². The largest absolute Gasteiger partial charge is 0.416 e. The summed E-state index contributed by atoms with van der Waals surface area (Å²) in [5.41, 5.74) is -1.77. The van der Waals surface area contributed by atoms with E-state index in [1.807, 2.05) is 0 Å². The minimum Gasteiger partial charge on any atom is -0.394 e. The van der Waals surface area contributed by atoms with Gasteiger partial charge in [-0.15, -0.1) is 0 Å². The molecule has 1 aliphatic rings. The summed E-state index contributed by atoms with van der Waals surface area (Å²) >= 11 is 1.59. The van der Waals surface area contributed by atoms with E-state index >= 15 is 0 Å². The van der Waals surface area contributed by atoms with Crippen LogP contribution in [-0.4, -0.2) is 50.4 Å². The fourth-order valence-electron chi connectivity index (χ4n) is 2.30. The maximum atomic E-state index is 12.7. The van der Waals surface area contributed by atoms with Gasteiger partial charge in [-0.25, -0.2) is 13.1 Å². The molecule has 136 valence electrons. The normalized spacial score (nSPS) is 22.0. The van der Waals surface area contributed by atoms with Crippen LogP contribution >= 0.6 is 11.8 Å². The minimum absolute atomic E-state index is 0.0570. The van der Waals surface area contributed by atoms with Crippen molar-refractivity contribution < 1.29 is 31.4 Å². The van der Waals surface area contributed by atoms with Gasteiger partial charge < -0.3 is 9.84 Å². The highest BCUT2D eigenvalue weighted by Gasteiger charge is 2.37.